The molecule has 0 spiro atoms. The number of nitrogens with two attached hydrogens (primary N) is 1. The summed E-state index contributed by atoms with van der Waals surface area (Å²) >= 11 is 0. The molecule has 1 heterocycles. The number of fused-ring (bicyclic) bond motifs is 1. The number of hydrogen-bond acceptors (Lipinski definition) is 3. The number of ether oxygens (including phenoxy) is 1. The van der Waals surface area contributed by atoms with Gasteiger partial charge in [0.2, 0.25) is 0 Å². The summed E-state index contributed by atoms with van der Waals surface area (Å²) in [7, 11) is 0. The van der Waals surface area contributed by atoms with Gasteiger partial charge in [0.25, 0.3) is 5.56 Å². The molecule has 3 rings (SSSR count). The Morgan fingerprint density at radius 1 is 1.27 bits per heavy atom. The van der Waals surface area contributed by atoms with Crippen molar-refractivity contribution in [1.82, 2.24) is 4.98 Å². The molecule has 0 bridgehead atoms. The molecule has 0 unspecified atom stereocenters. The summed E-state index contributed by atoms with van der Waals surface area (Å²) in [5.74, 6) is 0.931. The first-order valence-electron chi connectivity index (χ1n) is 8.24. The van der Waals surface area contributed by atoms with Crippen LogP contribution in [0.15, 0.2) is 29.2 Å². The molecule has 0 radical (unpaired) electrons. The predicted octanol–water partition coefficient (Wildman–Crippen LogP) is 3.13. The minimum Gasteiger partial charge on any atom is -0.490 e. The van der Waals surface area contributed by atoms with E-state index in [9.17, 15) is 4.79 Å². The Balaban J connectivity index is 1.93. The molecule has 118 valence electrons. The van der Waals surface area contributed by atoms with Crippen molar-refractivity contribution in [1.29, 1.82) is 0 Å². The van der Waals surface area contributed by atoms with Crippen LogP contribution in [0.4, 0.5) is 0 Å². The Labute approximate surface area is 130 Å². The predicted molar refractivity (Wildman–Crippen MR) is 89.4 cm³/mol. The van der Waals surface area contributed by atoms with Gasteiger partial charge in [0, 0.05) is 17.6 Å². The van der Waals surface area contributed by atoms with Gasteiger partial charge in [-0.1, -0.05) is 13.3 Å². The highest BCUT2D eigenvalue weighted by Crippen LogP contribution is 2.29. The summed E-state index contributed by atoms with van der Waals surface area (Å²) < 4.78 is 6.27. The molecule has 22 heavy (non-hydrogen) atoms. The van der Waals surface area contributed by atoms with Crippen molar-refractivity contribution in [3.63, 3.8) is 0 Å². The van der Waals surface area contributed by atoms with Gasteiger partial charge in [-0.05, 0) is 61.3 Å². The number of nitrogens with one attached hydrogen (secondary N) is 1. The van der Waals surface area contributed by atoms with E-state index in [0.29, 0.717) is 6.04 Å². The number of pyridine rings is 1. The summed E-state index contributed by atoms with van der Waals surface area (Å²) in [4.78, 5) is 14.7. The van der Waals surface area contributed by atoms with E-state index in [2.05, 4.69) is 11.9 Å². The molecule has 2 aromatic rings. The molecule has 4 nitrogen and oxygen atoms in total. The fourth-order valence-electron chi connectivity index (χ4n) is 3.22. The van der Waals surface area contributed by atoms with Crippen LogP contribution in [0.1, 0.15) is 44.6 Å². The second-order valence-electron chi connectivity index (χ2n) is 6.26. The largest absolute Gasteiger partial charge is 0.490 e. The Hall–Kier alpha value is -1.81. The van der Waals surface area contributed by atoms with Crippen LogP contribution >= 0.6 is 0 Å². The first-order valence-corrected chi connectivity index (χ1v) is 8.24. The highest BCUT2D eigenvalue weighted by molar-refractivity contribution is 5.84. The summed E-state index contributed by atoms with van der Waals surface area (Å²) in [5.41, 5.74) is 7.05. The third-order valence-electron chi connectivity index (χ3n) is 4.49. The van der Waals surface area contributed by atoms with Crippen LogP contribution in [0.25, 0.3) is 10.8 Å². The van der Waals surface area contributed by atoms with Crippen LogP contribution < -0.4 is 16.0 Å². The van der Waals surface area contributed by atoms with Crippen molar-refractivity contribution in [2.45, 2.75) is 57.6 Å². The standard InChI is InChI=1S/C18H24N2O2/c1-2-3-13-10-16-12(8-9-20-18(16)21)11-17(13)22-15-6-4-14(19)5-7-15/h8-11,14-15H,2-7,19H2,1H3,(H,20,21). The van der Waals surface area contributed by atoms with Crippen molar-refractivity contribution in [2.24, 2.45) is 5.73 Å². The van der Waals surface area contributed by atoms with Gasteiger partial charge in [-0.25, -0.2) is 0 Å². The first-order chi connectivity index (χ1) is 10.7. The van der Waals surface area contributed by atoms with Gasteiger partial charge in [0.15, 0.2) is 0 Å². The molecule has 3 N–H and O–H groups in total. The zero-order valence-corrected chi connectivity index (χ0v) is 13.1. The van der Waals surface area contributed by atoms with Crippen molar-refractivity contribution >= 4 is 10.8 Å². The van der Waals surface area contributed by atoms with Crippen LogP contribution in [0.2, 0.25) is 0 Å². The number of rotatable bonds is 4. The molecule has 0 atom stereocenters. The van der Waals surface area contributed by atoms with Crippen molar-refractivity contribution in [3.8, 4) is 5.75 Å². The van der Waals surface area contributed by atoms with Crippen LogP contribution in [0, 0.1) is 0 Å². The normalized spacial score (nSPS) is 21.9. The lowest BCUT2D eigenvalue weighted by atomic mass is 9.93. The van der Waals surface area contributed by atoms with Crippen LogP contribution in [-0.4, -0.2) is 17.1 Å². The summed E-state index contributed by atoms with van der Waals surface area (Å²) in [6, 6.07) is 6.26. The van der Waals surface area contributed by atoms with E-state index in [0.717, 1.165) is 60.6 Å². The quantitative estimate of drug-likeness (QED) is 0.911. The zero-order valence-electron chi connectivity index (χ0n) is 13.1. The van der Waals surface area contributed by atoms with E-state index >= 15 is 0 Å². The third-order valence-corrected chi connectivity index (χ3v) is 4.49. The molecule has 0 saturated heterocycles. The molecule has 4 heteroatoms. The lowest BCUT2D eigenvalue weighted by molar-refractivity contribution is 0.146. The molecule has 0 amide bonds. The Bertz CT molecular complexity index is 700. The summed E-state index contributed by atoms with van der Waals surface area (Å²) in [6.07, 6.45) is 7.97. The lowest BCUT2D eigenvalue weighted by Gasteiger charge is -2.27. The second kappa shape index (κ2) is 6.53. The van der Waals surface area contributed by atoms with Crippen molar-refractivity contribution < 1.29 is 4.74 Å². The van der Waals surface area contributed by atoms with Crippen LogP contribution in [0.3, 0.4) is 0 Å². The van der Waals surface area contributed by atoms with Gasteiger partial charge in [0.05, 0.1) is 6.10 Å². The SMILES string of the molecule is CCCc1cc2c(=O)[nH]ccc2cc1OC1CCC(N)CC1. The van der Waals surface area contributed by atoms with E-state index in [1.54, 1.807) is 6.20 Å². The van der Waals surface area contributed by atoms with Gasteiger partial charge in [0.1, 0.15) is 5.75 Å². The fourth-order valence-corrected chi connectivity index (χ4v) is 3.22. The highest BCUT2D eigenvalue weighted by atomic mass is 16.5. The summed E-state index contributed by atoms with van der Waals surface area (Å²) in [5, 5.41) is 1.68. The molecule has 1 aromatic carbocycles. The van der Waals surface area contributed by atoms with E-state index < -0.39 is 0 Å². The van der Waals surface area contributed by atoms with Gasteiger partial charge in [-0.3, -0.25) is 4.79 Å². The maximum atomic E-state index is 12.0. The zero-order chi connectivity index (χ0) is 15.5. The number of H-pyrrole nitrogens is 1. The topological polar surface area (TPSA) is 68.1 Å². The molecular weight excluding hydrogens is 276 g/mol. The Kier molecular flexibility index (Phi) is 4.48. The molecule has 1 saturated carbocycles. The van der Waals surface area contributed by atoms with Crippen LogP contribution in [-0.2, 0) is 6.42 Å². The molecule has 1 aliphatic carbocycles. The van der Waals surface area contributed by atoms with Crippen molar-refractivity contribution in [3.05, 3.63) is 40.3 Å². The molecular formula is C18H24N2O2. The average molecular weight is 300 g/mol. The average Bonchev–Trinajstić information content (AvgIpc) is 2.51. The summed E-state index contributed by atoms with van der Waals surface area (Å²) in [6.45, 7) is 2.14. The minimum absolute atomic E-state index is 0.0370. The van der Waals surface area contributed by atoms with E-state index in [4.69, 9.17) is 10.5 Å². The third kappa shape index (κ3) is 3.17. The minimum atomic E-state index is -0.0370. The molecule has 0 aliphatic heterocycles. The molecule has 1 aromatic heterocycles. The number of aromatic nitrogens is 1. The van der Waals surface area contributed by atoms with E-state index in [-0.39, 0.29) is 11.7 Å². The maximum Gasteiger partial charge on any atom is 0.255 e. The van der Waals surface area contributed by atoms with Crippen molar-refractivity contribution in [2.75, 3.05) is 0 Å². The lowest BCUT2D eigenvalue weighted by Crippen LogP contribution is -2.31. The monoisotopic (exact) mass is 300 g/mol. The van der Waals surface area contributed by atoms with Gasteiger partial charge < -0.3 is 15.5 Å². The van der Waals surface area contributed by atoms with E-state index in [1.807, 2.05) is 18.2 Å². The van der Waals surface area contributed by atoms with E-state index in [1.165, 1.54) is 0 Å². The first kappa shape index (κ1) is 15.1. The number of aryl methyl sites for hydroxylation is 1. The second-order valence-corrected chi connectivity index (χ2v) is 6.26. The number of hydrogen-bond donors (Lipinski definition) is 2. The van der Waals surface area contributed by atoms with Crippen LogP contribution in [0.5, 0.6) is 5.75 Å². The van der Waals surface area contributed by atoms with Gasteiger partial charge >= 0.3 is 0 Å². The molecule has 1 aliphatic rings. The van der Waals surface area contributed by atoms with Gasteiger partial charge in [-0.15, -0.1) is 0 Å². The molecule has 1 fully saturated rings. The number of benzene rings is 1. The fraction of sp³-hybridized carbons (Fsp3) is 0.500. The van der Waals surface area contributed by atoms with Gasteiger partial charge in [-0.2, -0.15) is 0 Å². The Morgan fingerprint density at radius 3 is 2.77 bits per heavy atom. The Morgan fingerprint density at radius 2 is 2.05 bits per heavy atom. The maximum absolute atomic E-state index is 12.0. The smallest absolute Gasteiger partial charge is 0.255 e. The highest BCUT2D eigenvalue weighted by Gasteiger charge is 2.21. The number of aromatic amines is 1.